The Balaban J connectivity index is 1.93. The van der Waals surface area contributed by atoms with Crippen molar-refractivity contribution in [3.63, 3.8) is 0 Å². The van der Waals surface area contributed by atoms with Gasteiger partial charge in [0.05, 0.1) is 5.69 Å². The summed E-state index contributed by atoms with van der Waals surface area (Å²) in [5.74, 6) is -0.300. The van der Waals surface area contributed by atoms with Gasteiger partial charge in [0.25, 0.3) is 5.91 Å². The Morgan fingerprint density at radius 1 is 1.25 bits per heavy atom. The zero-order valence-corrected chi connectivity index (χ0v) is 15.7. The highest BCUT2D eigenvalue weighted by Crippen LogP contribution is 2.27. The summed E-state index contributed by atoms with van der Waals surface area (Å²) < 4.78 is 0. The van der Waals surface area contributed by atoms with Crippen LogP contribution in [-0.2, 0) is 0 Å². The van der Waals surface area contributed by atoms with Crippen molar-refractivity contribution in [2.75, 3.05) is 23.0 Å². The molecule has 0 saturated heterocycles. The number of hydrogen-bond donors (Lipinski definition) is 6. The van der Waals surface area contributed by atoms with Crippen molar-refractivity contribution < 1.29 is 4.79 Å². The molecule has 0 unspecified atom stereocenters. The Hall–Kier alpha value is -3.27. The van der Waals surface area contributed by atoms with Crippen LogP contribution in [0.1, 0.15) is 41.7 Å². The van der Waals surface area contributed by atoms with Crippen molar-refractivity contribution in [3.05, 3.63) is 29.5 Å². The molecule has 2 atom stereocenters. The minimum atomic E-state index is -0.746. The van der Waals surface area contributed by atoms with Crippen LogP contribution in [-0.4, -0.2) is 46.4 Å². The van der Waals surface area contributed by atoms with E-state index in [9.17, 15) is 4.79 Å². The molecule has 1 aliphatic carbocycles. The summed E-state index contributed by atoms with van der Waals surface area (Å²) in [6.45, 7) is 0. The molecule has 1 aliphatic rings. The Labute approximate surface area is 163 Å². The van der Waals surface area contributed by atoms with Gasteiger partial charge in [-0.25, -0.2) is 0 Å². The van der Waals surface area contributed by atoms with E-state index in [1.807, 2.05) is 12.1 Å². The van der Waals surface area contributed by atoms with Crippen molar-refractivity contribution in [2.45, 2.75) is 37.8 Å². The molecule has 1 aromatic carbocycles. The number of carbonyl (C=O) groups excluding carboxylic acids is 1. The standard InChI is InChI=1S/C18H25N9O/c1-22-12-7-4-8-13(10(12)9-19)23-17-15(16(21)28)26-27-18(25-17)24-14-6-3-2-5-11(14)20/h4,7-9,11,14,19,22H,2-3,5-6,20H2,1H3,(H2,21,28)(H2,23,24,25,27)/t11-,14+/m0/s1. The first-order valence-electron chi connectivity index (χ1n) is 9.18. The lowest BCUT2D eigenvalue weighted by atomic mass is 9.91. The fourth-order valence-electron chi connectivity index (χ4n) is 3.32. The number of aromatic nitrogens is 3. The third-order valence-corrected chi connectivity index (χ3v) is 4.83. The smallest absolute Gasteiger partial charge is 0.273 e. The van der Waals surface area contributed by atoms with Gasteiger partial charge in [-0.1, -0.05) is 18.9 Å². The predicted octanol–water partition coefficient (Wildman–Crippen LogP) is 1.44. The lowest BCUT2D eigenvalue weighted by Gasteiger charge is -2.29. The summed E-state index contributed by atoms with van der Waals surface area (Å²) in [6.07, 6.45) is 5.28. The molecule has 1 heterocycles. The van der Waals surface area contributed by atoms with E-state index in [1.165, 1.54) is 6.21 Å². The van der Waals surface area contributed by atoms with Crippen LogP contribution in [0.25, 0.3) is 0 Å². The first-order valence-corrected chi connectivity index (χ1v) is 9.18. The van der Waals surface area contributed by atoms with E-state index in [4.69, 9.17) is 16.9 Å². The number of anilines is 4. The number of primary amides is 1. The number of carbonyl (C=O) groups is 1. The molecule has 1 amide bonds. The largest absolute Gasteiger partial charge is 0.388 e. The average molecular weight is 383 g/mol. The van der Waals surface area contributed by atoms with Gasteiger partial charge < -0.3 is 32.8 Å². The van der Waals surface area contributed by atoms with Crippen LogP contribution >= 0.6 is 0 Å². The van der Waals surface area contributed by atoms with E-state index in [1.54, 1.807) is 13.1 Å². The van der Waals surface area contributed by atoms with Crippen LogP contribution in [0.2, 0.25) is 0 Å². The topological polar surface area (TPSA) is 168 Å². The summed E-state index contributed by atoms with van der Waals surface area (Å²) in [5, 5.41) is 24.9. The van der Waals surface area contributed by atoms with Gasteiger partial charge in [0.2, 0.25) is 5.95 Å². The summed E-state index contributed by atoms with van der Waals surface area (Å²) in [7, 11) is 1.77. The van der Waals surface area contributed by atoms with Crippen LogP contribution < -0.4 is 27.4 Å². The number of hydrogen-bond acceptors (Lipinski definition) is 9. The number of benzene rings is 1. The second-order valence-electron chi connectivity index (χ2n) is 6.68. The van der Waals surface area contributed by atoms with E-state index in [0.29, 0.717) is 11.3 Å². The second-order valence-corrected chi connectivity index (χ2v) is 6.68. The van der Waals surface area contributed by atoms with Gasteiger partial charge in [0, 0.05) is 36.6 Å². The van der Waals surface area contributed by atoms with Gasteiger partial charge in [0.1, 0.15) is 0 Å². The molecule has 1 saturated carbocycles. The fourth-order valence-corrected chi connectivity index (χ4v) is 3.32. The summed E-state index contributed by atoms with van der Waals surface area (Å²) in [5.41, 5.74) is 13.5. The molecule has 10 heteroatoms. The normalized spacial score (nSPS) is 18.9. The summed E-state index contributed by atoms with van der Waals surface area (Å²) >= 11 is 0. The minimum absolute atomic E-state index is 0.0152. The van der Waals surface area contributed by atoms with Gasteiger partial charge in [-0.2, -0.15) is 4.98 Å². The van der Waals surface area contributed by atoms with Crippen molar-refractivity contribution in [3.8, 4) is 0 Å². The van der Waals surface area contributed by atoms with Gasteiger partial charge in [-0.15, -0.1) is 10.2 Å². The highest BCUT2D eigenvalue weighted by Gasteiger charge is 2.23. The Morgan fingerprint density at radius 3 is 2.68 bits per heavy atom. The first-order chi connectivity index (χ1) is 13.5. The molecule has 0 spiro atoms. The Morgan fingerprint density at radius 2 is 2.00 bits per heavy atom. The average Bonchev–Trinajstić information content (AvgIpc) is 2.69. The van der Waals surface area contributed by atoms with Crippen LogP contribution in [0.15, 0.2) is 18.2 Å². The molecule has 0 aliphatic heterocycles. The fraction of sp³-hybridized carbons (Fsp3) is 0.389. The van der Waals surface area contributed by atoms with E-state index in [2.05, 4.69) is 31.1 Å². The molecule has 148 valence electrons. The Kier molecular flexibility index (Phi) is 5.99. The van der Waals surface area contributed by atoms with Crippen LogP contribution in [0.3, 0.4) is 0 Å². The molecule has 0 radical (unpaired) electrons. The third-order valence-electron chi connectivity index (χ3n) is 4.83. The molecular formula is C18H25N9O. The zero-order valence-electron chi connectivity index (χ0n) is 15.7. The maximum atomic E-state index is 11.8. The van der Waals surface area contributed by atoms with Crippen LogP contribution in [0.5, 0.6) is 0 Å². The summed E-state index contributed by atoms with van der Waals surface area (Å²) in [4.78, 5) is 16.2. The monoisotopic (exact) mass is 383 g/mol. The van der Waals surface area contributed by atoms with Crippen molar-refractivity contribution >= 4 is 35.3 Å². The molecule has 1 fully saturated rings. The van der Waals surface area contributed by atoms with Crippen LogP contribution in [0, 0.1) is 5.41 Å². The quantitative estimate of drug-likeness (QED) is 0.390. The number of rotatable bonds is 7. The molecule has 3 rings (SSSR count). The Bertz CT molecular complexity index is 870. The molecule has 10 nitrogen and oxygen atoms in total. The van der Waals surface area contributed by atoms with E-state index < -0.39 is 5.91 Å². The van der Waals surface area contributed by atoms with E-state index >= 15 is 0 Å². The highest BCUT2D eigenvalue weighted by atomic mass is 16.1. The first kappa shape index (κ1) is 19.5. The van der Waals surface area contributed by atoms with Crippen molar-refractivity contribution in [1.29, 1.82) is 5.41 Å². The second kappa shape index (κ2) is 8.61. The lowest BCUT2D eigenvalue weighted by molar-refractivity contribution is 0.0995. The SMILES string of the molecule is CNc1cccc(Nc2nc(N[C@@H]3CCCC[C@@H]3N)nnc2C(N)=O)c1C=N. The van der Waals surface area contributed by atoms with Crippen molar-refractivity contribution in [1.82, 2.24) is 15.2 Å². The third kappa shape index (κ3) is 4.17. The molecule has 2 aromatic rings. The van der Waals surface area contributed by atoms with Gasteiger partial charge in [0.15, 0.2) is 11.5 Å². The van der Waals surface area contributed by atoms with Gasteiger partial charge in [-0.3, -0.25) is 4.79 Å². The molecule has 0 bridgehead atoms. The lowest BCUT2D eigenvalue weighted by Crippen LogP contribution is -2.43. The maximum Gasteiger partial charge on any atom is 0.273 e. The van der Waals surface area contributed by atoms with Crippen molar-refractivity contribution in [2.24, 2.45) is 11.5 Å². The number of amides is 1. The highest BCUT2D eigenvalue weighted by molar-refractivity contribution is 5.98. The predicted molar refractivity (Wildman–Crippen MR) is 109 cm³/mol. The minimum Gasteiger partial charge on any atom is -0.388 e. The molecule has 1 aromatic heterocycles. The molecule has 28 heavy (non-hydrogen) atoms. The van der Waals surface area contributed by atoms with Gasteiger partial charge >= 0.3 is 0 Å². The number of nitrogens with one attached hydrogen (secondary N) is 4. The molecule has 8 N–H and O–H groups in total. The van der Waals surface area contributed by atoms with E-state index in [-0.39, 0.29) is 29.5 Å². The van der Waals surface area contributed by atoms with Gasteiger partial charge in [-0.05, 0) is 25.0 Å². The number of nitrogens with two attached hydrogens (primary N) is 2. The summed E-state index contributed by atoms with van der Waals surface area (Å²) in [6, 6.07) is 5.50. The maximum absolute atomic E-state index is 11.8. The van der Waals surface area contributed by atoms with Crippen LogP contribution in [0.4, 0.5) is 23.1 Å². The zero-order chi connectivity index (χ0) is 20.1. The molecular weight excluding hydrogens is 358 g/mol. The number of nitrogens with zero attached hydrogens (tertiary/aromatic N) is 3. The van der Waals surface area contributed by atoms with E-state index in [0.717, 1.165) is 31.4 Å².